The summed E-state index contributed by atoms with van der Waals surface area (Å²) in [6.07, 6.45) is 16.1. The van der Waals surface area contributed by atoms with Crippen LogP contribution in [0.3, 0.4) is 0 Å². The van der Waals surface area contributed by atoms with Crippen molar-refractivity contribution in [3.05, 3.63) is 41.5 Å². The number of methoxy groups -OCH3 is 2. The molecular weight excluding hydrogens is 534 g/mol. The summed E-state index contributed by atoms with van der Waals surface area (Å²) in [6.45, 7) is 13.0. The lowest BCUT2D eigenvalue weighted by Crippen LogP contribution is -2.51. The highest BCUT2D eigenvalue weighted by molar-refractivity contribution is 5.84. The van der Waals surface area contributed by atoms with Crippen molar-refractivity contribution in [1.82, 2.24) is 0 Å². The Morgan fingerprint density at radius 1 is 0.977 bits per heavy atom. The SMILES string of the molecule is COCC(OC)c1ccc(NC(=O)O[C@H]2CC[C@@]3(C)C(=CCC4C3CC[C@@]3(C)C4CC[C@@H]3[C@H](C)CCCC(C)C)C2)cc1. The summed E-state index contributed by atoms with van der Waals surface area (Å²) in [5.41, 5.74) is 4.09. The number of fused-ring (bicyclic) bond motifs is 5. The summed E-state index contributed by atoms with van der Waals surface area (Å²) >= 11 is 0. The van der Waals surface area contributed by atoms with E-state index in [-0.39, 0.29) is 23.7 Å². The van der Waals surface area contributed by atoms with Gasteiger partial charge in [-0.2, -0.15) is 0 Å². The Labute approximate surface area is 261 Å². The van der Waals surface area contributed by atoms with Crippen LogP contribution >= 0.6 is 0 Å². The van der Waals surface area contributed by atoms with Crippen LogP contribution in [0.2, 0.25) is 0 Å². The molecule has 5 heteroatoms. The zero-order valence-corrected chi connectivity index (χ0v) is 28.1. The lowest BCUT2D eigenvalue weighted by molar-refractivity contribution is -0.0577. The molecular formula is C38H59NO4. The van der Waals surface area contributed by atoms with Gasteiger partial charge in [0.15, 0.2) is 0 Å². The van der Waals surface area contributed by atoms with Crippen molar-refractivity contribution in [1.29, 1.82) is 0 Å². The molecule has 1 aromatic carbocycles. The number of anilines is 1. The Kier molecular flexibility index (Phi) is 10.3. The number of ether oxygens (including phenoxy) is 3. The van der Waals surface area contributed by atoms with E-state index in [0.29, 0.717) is 12.0 Å². The van der Waals surface area contributed by atoms with Crippen LogP contribution in [0.1, 0.15) is 117 Å². The van der Waals surface area contributed by atoms with Gasteiger partial charge in [0.2, 0.25) is 0 Å². The molecule has 9 atom stereocenters. The van der Waals surface area contributed by atoms with Crippen molar-refractivity contribution >= 4 is 11.8 Å². The van der Waals surface area contributed by atoms with Gasteiger partial charge in [0.25, 0.3) is 0 Å². The maximum Gasteiger partial charge on any atom is 0.411 e. The third kappa shape index (κ3) is 6.73. The van der Waals surface area contributed by atoms with Gasteiger partial charge in [-0.15, -0.1) is 0 Å². The Bertz CT molecular complexity index is 1110. The van der Waals surface area contributed by atoms with Gasteiger partial charge in [-0.3, -0.25) is 5.32 Å². The molecule has 4 unspecified atom stereocenters. The Morgan fingerprint density at radius 2 is 1.74 bits per heavy atom. The van der Waals surface area contributed by atoms with E-state index in [2.05, 4.69) is 46.0 Å². The van der Waals surface area contributed by atoms with Gasteiger partial charge in [-0.1, -0.05) is 77.7 Å². The first-order valence-corrected chi connectivity index (χ1v) is 17.4. The summed E-state index contributed by atoms with van der Waals surface area (Å²) in [5, 5.41) is 2.94. The van der Waals surface area contributed by atoms with Crippen LogP contribution in [0.4, 0.5) is 10.5 Å². The Balaban J connectivity index is 1.17. The molecule has 0 spiro atoms. The molecule has 0 aromatic heterocycles. The highest BCUT2D eigenvalue weighted by Gasteiger charge is 2.59. The van der Waals surface area contributed by atoms with Crippen LogP contribution in [-0.4, -0.2) is 33.0 Å². The first kappa shape index (κ1) is 32.5. The summed E-state index contributed by atoms with van der Waals surface area (Å²) in [5.74, 6) is 5.05. The van der Waals surface area contributed by atoms with Crippen molar-refractivity contribution in [2.45, 2.75) is 117 Å². The molecule has 1 N–H and O–H groups in total. The van der Waals surface area contributed by atoms with Crippen LogP contribution in [-0.2, 0) is 14.2 Å². The molecule has 4 aliphatic carbocycles. The van der Waals surface area contributed by atoms with Gasteiger partial charge >= 0.3 is 6.09 Å². The number of allylic oxidation sites excluding steroid dienone is 1. The van der Waals surface area contributed by atoms with Gasteiger partial charge in [-0.05, 0) is 109 Å². The second-order valence-corrected chi connectivity index (χ2v) is 15.5. The largest absolute Gasteiger partial charge is 0.446 e. The van der Waals surface area contributed by atoms with Gasteiger partial charge in [0.1, 0.15) is 12.2 Å². The Hall–Kier alpha value is -1.85. The molecule has 3 fully saturated rings. The smallest absolute Gasteiger partial charge is 0.411 e. The van der Waals surface area contributed by atoms with Crippen LogP contribution < -0.4 is 5.32 Å². The molecule has 240 valence electrons. The number of carbonyl (C=O) groups excluding carboxylic acids is 1. The van der Waals surface area contributed by atoms with Crippen LogP contribution in [0.25, 0.3) is 0 Å². The highest BCUT2D eigenvalue weighted by Crippen LogP contribution is 2.67. The Morgan fingerprint density at radius 3 is 2.44 bits per heavy atom. The second-order valence-electron chi connectivity index (χ2n) is 15.5. The molecule has 0 radical (unpaired) electrons. The standard InChI is InChI=1S/C38H59NO4/c1-25(2)9-8-10-26(3)32-17-18-33-31-16-13-28-23-30(19-21-37(28,4)34(31)20-22-38(32,33)5)43-36(40)39-29-14-11-27(12-15-29)35(42-7)24-41-6/h11-15,25-26,30-35H,8-10,16-24H2,1-7H3,(H,39,40)/t26-,30+,31?,32-,33?,34?,35?,37+,38-/m1/s1. The number of rotatable bonds is 11. The van der Waals surface area contributed by atoms with E-state index in [1.165, 1.54) is 51.4 Å². The quantitative estimate of drug-likeness (QED) is 0.259. The van der Waals surface area contributed by atoms with E-state index in [1.807, 2.05) is 24.3 Å². The molecule has 0 aliphatic heterocycles. The van der Waals surface area contributed by atoms with Crippen LogP contribution in [0.5, 0.6) is 0 Å². The normalized spacial score (nSPS) is 34.9. The average molecular weight is 594 g/mol. The third-order valence-electron chi connectivity index (χ3n) is 12.7. The van der Waals surface area contributed by atoms with E-state index in [4.69, 9.17) is 14.2 Å². The summed E-state index contributed by atoms with van der Waals surface area (Å²) < 4.78 is 16.7. The van der Waals surface area contributed by atoms with Crippen LogP contribution in [0, 0.1) is 46.3 Å². The molecule has 1 amide bonds. The van der Waals surface area contributed by atoms with Crippen molar-refractivity contribution in [3.63, 3.8) is 0 Å². The fraction of sp³-hybridized carbons (Fsp3) is 0.763. The first-order chi connectivity index (χ1) is 20.6. The minimum atomic E-state index is -0.358. The number of nitrogens with one attached hydrogen (secondary N) is 1. The van der Waals surface area contributed by atoms with Gasteiger partial charge in [0.05, 0.1) is 6.61 Å². The van der Waals surface area contributed by atoms with E-state index in [9.17, 15) is 4.79 Å². The molecule has 0 heterocycles. The topological polar surface area (TPSA) is 56.8 Å². The van der Waals surface area contributed by atoms with E-state index < -0.39 is 0 Å². The van der Waals surface area contributed by atoms with Crippen molar-refractivity contribution in [3.8, 4) is 0 Å². The van der Waals surface area contributed by atoms with E-state index >= 15 is 0 Å². The minimum absolute atomic E-state index is 0.0499. The molecule has 0 saturated heterocycles. The monoisotopic (exact) mass is 593 g/mol. The average Bonchev–Trinajstić information content (AvgIpc) is 3.33. The van der Waals surface area contributed by atoms with Gasteiger partial charge in [0, 0.05) is 26.3 Å². The lowest BCUT2D eigenvalue weighted by atomic mass is 9.47. The molecule has 4 aliphatic rings. The summed E-state index contributed by atoms with van der Waals surface area (Å²) in [7, 11) is 3.34. The maximum atomic E-state index is 12.9. The predicted molar refractivity (Wildman–Crippen MR) is 175 cm³/mol. The highest BCUT2D eigenvalue weighted by atomic mass is 16.6. The summed E-state index contributed by atoms with van der Waals surface area (Å²) in [6, 6.07) is 7.73. The number of carbonyl (C=O) groups is 1. The third-order valence-corrected chi connectivity index (χ3v) is 12.7. The van der Waals surface area contributed by atoms with Crippen molar-refractivity contribution < 1.29 is 19.0 Å². The molecule has 3 saturated carbocycles. The fourth-order valence-corrected chi connectivity index (χ4v) is 10.3. The number of hydrogen-bond acceptors (Lipinski definition) is 4. The molecule has 5 nitrogen and oxygen atoms in total. The zero-order valence-electron chi connectivity index (χ0n) is 28.1. The van der Waals surface area contributed by atoms with Crippen LogP contribution in [0.15, 0.2) is 35.9 Å². The summed E-state index contributed by atoms with van der Waals surface area (Å²) in [4.78, 5) is 12.9. The van der Waals surface area contributed by atoms with Gasteiger partial charge in [-0.25, -0.2) is 4.79 Å². The zero-order chi connectivity index (χ0) is 30.8. The number of amides is 1. The first-order valence-electron chi connectivity index (χ1n) is 17.4. The minimum Gasteiger partial charge on any atom is -0.446 e. The second kappa shape index (κ2) is 13.6. The molecule has 0 bridgehead atoms. The predicted octanol–water partition coefficient (Wildman–Crippen LogP) is 9.98. The van der Waals surface area contributed by atoms with Crippen molar-refractivity contribution in [2.75, 3.05) is 26.1 Å². The van der Waals surface area contributed by atoms with E-state index in [1.54, 1.807) is 19.8 Å². The van der Waals surface area contributed by atoms with Gasteiger partial charge < -0.3 is 14.2 Å². The van der Waals surface area contributed by atoms with Crippen molar-refractivity contribution in [2.24, 2.45) is 46.3 Å². The number of hydrogen-bond donors (Lipinski definition) is 1. The molecule has 1 aromatic rings. The fourth-order valence-electron chi connectivity index (χ4n) is 10.3. The maximum absolute atomic E-state index is 12.9. The molecule has 43 heavy (non-hydrogen) atoms. The lowest BCUT2D eigenvalue weighted by Gasteiger charge is -2.58. The molecule has 5 rings (SSSR count). The van der Waals surface area contributed by atoms with E-state index in [0.717, 1.165) is 66.0 Å². The number of benzene rings is 1.